The zero-order chi connectivity index (χ0) is 31.0. The van der Waals surface area contributed by atoms with E-state index in [0.717, 1.165) is 17.7 Å². The maximum atomic E-state index is 13.6. The topological polar surface area (TPSA) is 153 Å². The van der Waals surface area contributed by atoms with E-state index in [1.807, 2.05) is 0 Å². The molecule has 224 valence electrons. The molecule has 0 heterocycles. The third-order valence-corrected chi connectivity index (χ3v) is 6.47. The Hall–Kier alpha value is -4.99. The Bertz CT molecular complexity index is 1360. The average Bonchev–Trinajstić information content (AvgIpc) is 3.01. The van der Waals surface area contributed by atoms with Gasteiger partial charge in [0.2, 0.25) is 0 Å². The van der Waals surface area contributed by atoms with E-state index in [0.29, 0.717) is 36.3 Å². The second-order valence-electron chi connectivity index (χ2n) is 9.77. The van der Waals surface area contributed by atoms with Crippen LogP contribution in [0.4, 0.5) is 0 Å². The molecular formula is C34H37N3O6. The first kappa shape index (κ1) is 32.5. The molecule has 43 heavy (non-hydrogen) atoms. The van der Waals surface area contributed by atoms with Gasteiger partial charge in [-0.15, -0.1) is 0 Å². The third kappa shape index (κ3) is 11.1. The summed E-state index contributed by atoms with van der Waals surface area (Å²) in [4.78, 5) is 41.7. The minimum atomic E-state index is -1.12. The van der Waals surface area contributed by atoms with Crippen LogP contribution in [-0.2, 0) is 14.4 Å². The lowest BCUT2D eigenvalue weighted by atomic mass is 10.0. The van der Waals surface area contributed by atoms with Crippen molar-refractivity contribution in [3.63, 3.8) is 0 Å². The molecule has 0 bridgehead atoms. The van der Waals surface area contributed by atoms with E-state index in [2.05, 4.69) is 5.32 Å². The fourth-order valence-corrected chi connectivity index (χ4v) is 4.11. The number of benzene rings is 3. The lowest BCUT2D eigenvalue weighted by Crippen LogP contribution is -2.48. The number of unbranched alkanes of at least 4 members (excludes halogenated alkanes) is 1. The number of nitrogens with zero attached hydrogens (tertiary/aromatic N) is 1. The second kappa shape index (κ2) is 17.1. The van der Waals surface area contributed by atoms with Crippen LogP contribution in [0.15, 0.2) is 91.0 Å². The normalized spacial score (nSPS) is 12.2. The number of phenols is 3. The van der Waals surface area contributed by atoms with E-state index < -0.39 is 23.6 Å². The number of nitrogens with one attached hydrogen (secondary N) is 1. The number of rotatable bonds is 15. The van der Waals surface area contributed by atoms with Crippen molar-refractivity contribution in [2.75, 3.05) is 19.6 Å². The summed E-state index contributed by atoms with van der Waals surface area (Å²) >= 11 is 0. The molecule has 3 rings (SSSR count). The SMILES string of the molecule is NCCCCNCCC(C(=O)C=Cc1ccc(O)cc1)N(C(=O)C=Cc1ccc(O)cc1)C(=O)C=Cc1ccc(O)cc1. The summed E-state index contributed by atoms with van der Waals surface area (Å²) < 4.78 is 0. The number of hydrogen-bond acceptors (Lipinski definition) is 8. The Morgan fingerprint density at radius 2 is 1.07 bits per heavy atom. The van der Waals surface area contributed by atoms with Gasteiger partial charge in [0.1, 0.15) is 23.3 Å². The van der Waals surface area contributed by atoms with Crippen LogP contribution in [0.2, 0.25) is 0 Å². The molecule has 0 saturated carbocycles. The third-order valence-electron chi connectivity index (χ3n) is 6.47. The van der Waals surface area contributed by atoms with Crippen LogP contribution < -0.4 is 11.1 Å². The van der Waals surface area contributed by atoms with Crippen molar-refractivity contribution >= 4 is 35.8 Å². The van der Waals surface area contributed by atoms with Crippen molar-refractivity contribution < 1.29 is 29.7 Å². The van der Waals surface area contributed by atoms with E-state index in [4.69, 9.17) is 5.73 Å². The Kier molecular flexibility index (Phi) is 12.9. The molecular weight excluding hydrogens is 546 g/mol. The minimum Gasteiger partial charge on any atom is -0.508 e. The van der Waals surface area contributed by atoms with Gasteiger partial charge >= 0.3 is 0 Å². The highest BCUT2D eigenvalue weighted by atomic mass is 16.3. The van der Waals surface area contributed by atoms with Crippen LogP contribution >= 0.6 is 0 Å². The molecule has 1 atom stereocenters. The van der Waals surface area contributed by atoms with Crippen molar-refractivity contribution in [2.45, 2.75) is 25.3 Å². The van der Waals surface area contributed by atoms with E-state index in [-0.39, 0.29) is 23.7 Å². The summed E-state index contributed by atoms with van der Waals surface area (Å²) in [5.41, 5.74) is 7.47. The fraction of sp³-hybridized carbons (Fsp3) is 0.206. The molecule has 2 amide bonds. The summed E-state index contributed by atoms with van der Waals surface area (Å²) in [5.74, 6) is -1.59. The molecule has 1 unspecified atom stereocenters. The highest BCUT2D eigenvalue weighted by Gasteiger charge is 2.31. The average molecular weight is 584 g/mol. The molecule has 6 N–H and O–H groups in total. The van der Waals surface area contributed by atoms with Gasteiger partial charge in [0, 0.05) is 12.2 Å². The summed E-state index contributed by atoms with van der Waals surface area (Å²) in [6.45, 7) is 1.61. The maximum absolute atomic E-state index is 13.6. The fourth-order valence-electron chi connectivity index (χ4n) is 4.11. The summed E-state index contributed by atoms with van der Waals surface area (Å²) in [6.07, 6.45) is 10.2. The van der Waals surface area contributed by atoms with Crippen molar-refractivity contribution in [1.82, 2.24) is 10.2 Å². The molecule has 0 saturated heterocycles. The standard InChI is InChI=1S/C34H37N3O6/c35-22-1-2-23-36-24-21-31(32(41)18-9-25-3-12-28(38)13-4-25)37(33(42)19-10-26-5-14-29(39)15-6-26)34(43)20-11-27-7-16-30(40)17-8-27/h3-20,31,36,38-40H,1-2,21-24,35H2. The summed E-state index contributed by atoms with van der Waals surface area (Å²) in [7, 11) is 0. The molecule has 0 spiro atoms. The van der Waals surface area contributed by atoms with Gasteiger partial charge in [-0.1, -0.05) is 42.5 Å². The quantitative estimate of drug-likeness (QED) is 0.131. The number of aromatic hydroxyl groups is 3. The van der Waals surface area contributed by atoms with Gasteiger partial charge in [-0.3, -0.25) is 19.3 Å². The largest absolute Gasteiger partial charge is 0.508 e. The zero-order valence-electron chi connectivity index (χ0n) is 23.8. The second-order valence-corrected chi connectivity index (χ2v) is 9.77. The van der Waals surface area contributed by atoms with Crippen LogP contribution in [0.3, 0.4) is 0 Å². The van der Waals surface area contributed by atoms with Crippen LogP contribution in [0, 0.1) is 0 Å². The molecule has 9 heteroatoms. The predicted octanol–water partition coefficient (Wildman–Crippen LogP) is 4.25. The zero-order valence-corrected chi connectivity index (χ0v) is 23.8. The smallest absolute Gasteiger partial charge is 0.254 e. The van der Waals surface area contributed by atoms with E-state index in [9.17, 15) is 29.7 Å². The highest BCUT2D eigenvalue weighted by molar-refractivity contribution is 6.12. The lowest BCUT2D eigenvalue weighted by Gasteiger charge is -2.27. The first-order chi connectivity index (χ1) is 20.8. The van der Waals surface area contributed by atoms with Gasteiger partial charge in [0.25, 0.3) is 11.8 Å². The van der Waals surface area contributed by atoms with Crippen molar-refractivity contribution in [2.24, 2.45) is 5.73 Å². The molecule has 0 aliphatic heterocycles. The molecule has 0 fully saturated rings. The lowest BCUT2D eigenvalue weighted by molar-refractivity contribution is -0.145. The maximum Gasteiger partial charge on any atom is 0.254 e. The predicted molar refractivity (Wildman–Crippen MR) is 168 cm³/mol. The Morgan fingerprint density at radius 3 is 1.49 bits per heavy atom. The molecule has 0 aliphatic rings. The van der Waals surface area contributed by atoms with Gasteiger partial charge in [-0.05, 0) is 110 Å². The monoisotopic (exact) mass is 583 g/mol. The number of amides is 2. The van der Waals surface area contributed by atoms with Gasteiger partial charge in [0.05, 0.1) is 0 Å². The number of carbonyl (C=O) groups excluding carboxylic acids is 3. The van der Waals surface area contributed by atoms with Gasteiger partial charge < -0.3 is 26.4 Å². The summed E-state index contributed by atoms with van der Waals surface area (Å²) in [5, 5.41) is 31.9. The first-order valence-corrected chi connectivity index (χ1v) is 14.0. The number of imide groups is 1. The van der Waals surface area contributed by atoms with Crippen LogP contribution in [-0.4, -0.2) is 63.5 Å². The highest BCUT2D eigenvalue weighted by Crippen LogP contribution is 2.17. The number of phenolic OH excluding ortho intramolecular Hbond substituents is 3. The van der Waals surface area contributed by atoms with Gasteiger partial charge in [-0.2, -0.15) is 0 Å². The molecule has 0 aliphatic carbocycles. The Labute approximate surface area is 251 Å². The van der Waals surface area contributed by atoms with Gasteiger partial charge in [-0.25, -0.2) is 0 Å². The first-order valence-electron chi connectivity index (χ1n) is 14.0. The Balaban J connectivity index is 1.93. The summed E-state index contributed by atoms with van der Waals surface area (Å²) in [6, 6.07) is 17.5. The number of hydrogen-bond donors (Lipinski definition) is 5. The van der Waals surface area contributed by atoms with Gasteiger partial charge in [0.15, 0.2) is 5.78 Å². The molecule has 0 aromatic heterocycles. The van der Waals surface area contributed by atoms with E-state index in [1.165, 1.54) is 66.8 Å². The molecule has 0 radical (unpaired) electrons. The van der Waals surface area contributed by atoms with Crippen LogP contribution in [0.25, 0.3) is 18.2 Å². The molecule has 3 aromatic rings. The van der Waals surface area contributed by atoms with Crippen LogP contribution in [0.5, 0.6) is 17.2 Å². The number of ketones is 1. The van der Waals surface area contributed by atoms with Crippen LogP contribution in [0.1, 0.15) is 36.0 Å². The molecule has 3 aromatic carbocycles. The molecule has 9 nitrogen and oxygen atoms in total. The number of nitrogens with two attached hydrogens (primary N) is 1. The van der Waals surface area contributed by atoms with E-state index >= 15 is 0 Å². The van der Waals surface area contributed by atoms with Crippen molar-refractivity contribution in [1.29, 1.82) is 0 Å². The Morgan fingerprint density at radius 1 is 0.651 bits per heavy atom. The van der Waals surface area contributed by atoms with Crippen molar-refractivity contribution in [3.8, 4) is 17.2 Å². The van der Waals surface area contributed by atoms with E-state index in [1.54, 1.807) is 42.5 Å². The minimum absolute atomic E-state index is 0.0738. The van der Waals surface area contributed by atoms with Crippen molar-refractivity contribution in [3.05, 3.63) is 108 Å². The number of carbonyl (C=O) groups is 3.